The Hall–Kier alpha value is -3.25. The van der Waals surface area contributed by atoms with Crippen LogP contribution in [0.25, 0.3) is 0 Å². The summed E-state index contributed by atoms with van der Waals surface area (Å²) < 4.78 is 70.8. The lowest BCUT2D eigenvalue weighted by Gasteiger charge is -2.57. The lowest BCUT2D eigenvalue weighted by molar-refractivity contribution is -0.224. The zero-order valence-electron chi connectivity index (χ0n) is 17.0. The largest absolute Gasteiger partial charge is 0.490 e. The minimum absolute atomic E-state index is 0.233. The molecule has 34 heavy (non-hydrogen) atoms. The number of anilines is 1. The third kappa shape index (κ3) is 4.07. The topological polar surface area (TPSA) is 79.0 Å². The van der Waals surface area contributed by atoms with Crippen molar-refractivity contribution >= 4 is 35.1 Å². The smallest absolute Gasteiger partial charge is 0.437 e. The van der Waals surface area contributed by atoms with Gasteiger partial charge in [0.05, 0.1) is 5.69 Å². The van der Waals surface area contributed by atoms with Gasteiger partial charge in [0.25, 0.3) is 5.91 Å². The molecule has 7 nitrogen and oxygen atoms in total. The van der Waals surface area contributed by atoms with Crippen molar-refractivity contribution in [2.75, 3.05) is 18.0 Å². The van der Waals surface area contributed by atoms with Gasteiger partial charge < -0.3 is 9.64 Å². The number of ether oxygens (including phenoxy) is 1. The third-order valence-corrected chi connectivity index (χ3v) is 5.85. The molecule has 2 amide bonds. The minimum atomic E-state index is -5.36. The molecule has 4 rings (SSSR count). The average Bonchev–Trinajstić information content (AvgIpc) is 2.74. The molecule has 0 aromatic heterocycles. The van der Waals surface area contributed by atoms with Crippen LogP contribution in [0.15, 0.2) is 42.5 Å². The molecule has 2 fully saturated rings. The summed E-state index contributed by atoms with van der Waals surface area (Å²) in [7, 11) is 0. The Morgan fingerprint density at radius 1 is 1.15 bits per heavy atom. The van der Waals surface area contributed by atoms with Gasteiger partial charge in [-0.1, -0.05) is 23.7 Å². The second-order valence-corrected chi connectivity index (χ2v) is 8.12. The number of nitrogens with one attached hydrogen (secondary N) is 1. The summed E-state index contributed by atoms with van der Waals surface area (Å²) in [6.45, 7) is -1.28. The maximum absolute atomic E-state index is 14.4. The number of carbonyl (C=O) groups is 3. The molecule has 2 saturated heterocycles. The van der Waals surface area contributed by atoms with Crippen LogP contribution < -0.4 is 10.2 Å². The SMILES string of the molecule is O=C1CN(c2ccc(F)cc2F)C(=O)C2(CNC2OC(=O)C(F)(F)F)N1Cc1ccc(Cl)cc1. The second kappa shape index (κ2) is 8.51. The zero-order valence-corrected chi connectivity index (χ0v) is 17.8. The molecule has 0 bridgehead atoms. The van der Waals surface area contributed by atoms with Gasteiger partial charge in [-0.05, 0) is 29.8 Å². The summed E-state index contributed by atoms with van der Waals surface area (Å²) >= 11 is 5.86. The molecule has 0 saturated carbocycles. The summed E-state index contributed by atoms with van der Waals surface area (Å²) in [5.74, 6) is -6.41. The van der Waals surface area contributed by atoms with E-state index in [9.17, 15) is 36.3 Å². The van der Waals surface area contributed by atoms with Gasteiger partial charge in [0.2, 0.25) is 5.91 Å². The molecule has 2 aromatic rings. The number of esters is 1. The fourth-order valence-corrected chi connectivity index (χ4v) is 4.00. The summed E-state index contributed by atoms with van der Waals surface area (Å²) in [6.07, 6.45) is -7.22. The van der Waals surface area contributed by atoms with E-state index < -0.39 is 59.6 Å². The zero-order chi connectivity index (χ0) is 24.8. The van der Waals surface area contributed by atoms with Crippen LogP contribution in [-0.2, 0) is 25.7 Å². The van der Waals surface area contributed by atoms with Gasteiger partial charge in [0.1, 0.15) is 18.2 Å². The van der Waals surface area contributed by atoms with Gasteiger partial charge in [0.15, 0.2) is 11.8 Å². The maximum Gasteiger partial charge on any atom is 0.490 e. The van der Waals surface area contributed by atoms with Gasteiger partial charge >= 0.3 is 12.1 Å². The average molecular weight is 504 g/mol. The maximum atomic E-state index is 14.4. The molecule has 0 radical (unpaired) electrons. The molecule has 13 heteroatoms. The van der Waals surface area contributed by atoms with E-state index in [0.717, 1.165) is 17.0 Å². The van der Waals surface area contributed by atoms with Crippen molar-refractivity contribution in [1.29, 1.82) is 0 Å². The van der Waals surface area contributed by atoms with Crippen LogP contribution in [0.2, 0.25) is 5.02 Å². The molecule has 0 aliphatic carbocycles. The molecule has 1 N–H and O–H groups in total. The monoisotopic (exact) mass is 503 g/mol. The van der Waals surface area contributed by atoms with Crippen molar-refractivity contribution in [1.82, 2.24) is 10.2 Å². The predicted molar refractivity (Wildman–Crippen MR) is 107 cm³/mol. The number of halogens is 6. The summed E-state index contributed by atoms with van der Waals surface area (Å²) in [5.41, 5.74) is -2.06. The van der Waals surface area contributed by atoms with E-state index in [-0.39, 0.29) is 13.1 Å². The van der Waals surface area contributed by atoms with Crippen molar-refractivity contribution < 1.29 is 41.1 Å². The summed E-state index contributed by atoms with van der Waals surface area (Å²) in [5, 5.41) is 2.81. The lowest BCUT2D eigenvalue weighted by Crippen LogP contribution is -2.85. The van der Waals surface area contributed by atoms with E-state index in [1.54, 1.807) is 12.1 Å². The second-order valence-electron chi connectivity index (χ2n) is 7.68. The van der Waals surface area contributed by atoms with Crippen molar-refractivity contribution in [3.8, 4) is 0 Å². The first-order chi connectivity index (χ1) is 15.9. The van der Waals surface area contributed by atoms with Crippen molar-refractivity contribution in [3.63, 3.8) is 0 Å². The van der Waals surface area contributed by atoms with Crippen molar-refractivity contribution in [3.05, 3.63) is 64.7 Å². The Balaban J connectivity index is 1.74. The number of hydrogen-bond acceptors (Lipinski definition) is 5. The highest BCUT2D eigenvalue weighted by Crippen LogP contribution is 2.38. The van der Waals surface area contributed by atoms with E-state index in [2.05, 4.69) is 10.1 Å². The Morgan fingerprint density at radius 2 is 1.82 bits per heavy atom. The molecule has 2 unspecified atom stereocenters. The fourth-order valence-electron chi connectivity index (χ4n) is 3.88. The number of piperazine rings is 1. The molecule has 180 valence electrons. The van der Waals surface area contributed by atoms with Crippen LogP contribution >= 0.6 is 11.6 Å². The van der Waals surface area contributed by atoms with Crippen LogP contribution in [-0.4, -0.2) is 53.7 Å². The number of amides is 2. The fraction of sp³-hybridized carbons (Fsp3) is 0.286. The summed E-state index contributed by atoms with van der Waals surface area (Å²) in [6, 6.07) is 8.41. The van der Waals surface area contributed by atoms with Gasteiger partial charge in [-0.25, -0.2) is 13.6 Å². The third-order valence-electron chi connectivity index (χ3n) is 5.59. The minimum Gasteiger partial charge on any atom is -0.437 e. The van der Waals surface area contributed by atoms with Gasteiger partial charge in [-0.3, -0.25) is 19.8 Å². The normalized spacial score (nSPS) is 22.7. The Labute approximate surface area is 194 Å². The predicted octanol–water partition coefficient (Wildman–Crippen LogP) is 2.77. The number of hydrogen-bond donors (Lipinski definition) is 1. The van der Waals surface area contributed by atoms with Crippen LogP contribution in [0.3, 0.4) is 0 Å². The molecule has 2 atom stereocenters. The van der Waals surface area contributed by atoms with Crippen LogP contribution in [0.1, 0.15) is 5.56 Å². The van der Waals surface area contributed by atoms with E-state index >= 15 is 0 Å². The molecular formula is C21H15ClF5N3O4. The summed E-state index contributed by atoms with van der Waals surface area (Å²) in [4.78, 5) is 39.9. The van der Waals surface area contributed by atoms with Crippen LogP contribution in [0, 0.1) is 11.6 Å². The number of carbonyl (C=O) groups excluding carboxylic acids is 3. The molecule has 2 aliphatic heterocycles. The van der Waals surface area contributed by atoms with E-state index in [1.807, 2.05) is 0 Å². The first kappa shape index (κ1) is 23.9. The van der Waals surface area contributed by atoms with Crippen molar-refractivity contribution in [2.45, 2.75) is 24.5 Å². The van der Waals surface area contributed by atoms with Crippen LogP contribution in [0.5, 0.6) is 0 Å². The first-order valence-corrected chi connectivity index (χ1v) is 10.1. The standard InChI is InChI=1S/C21H15ClF5N3O4/c22-12-3-1-11(2-4-12)8-30-16(31)9-29(15-6-5-13(23)7-14(15)24)18(32)20(30)10-28-17(20)34-19(33)21(25,26)27/h1-7,17,28H,8-10H2. The highest BCUT2D eigenvalue weighted by Gasteiger charge is 2.65. The first-order valence-electron chi connectivity index (χ1n) is 9.76. The van der Waals surface area contributed by atoms with E-state index in [0.29, 0.717) is 21.6 Å². The van der Waals surface area contributed by atoms with Crippen molar-refractivity contribution in [2.24, 2.45) is 0 Å². The highest BCUT2D eigenvalue weighted by atomic mass is 35.5. The highest BCUT2D eigenvalue weighted by molar-refractivity contribution is 6.30. The molecular weight excluding hydrogens is 489 g/mol. The van der Waals surface area contributed by atoms with Crippen LogP contribution in [0.4, 0.5) is 27.6 Å². The molecule has 2 heterocycles. The lowest BCUT2D eigenvalue weighted by atomic mass is 9.82. The van der Waals surface area contributed by atoms with Gasteiger partial charge in [-0.15, -0.1) is 0 Å². The molecule has 1 spiro atoms. The number of alkyl halides is 3. The van der Waals surface area contributed by atoms with Gasteiger partial charge in [0, 0.05) is 24.2 Å². The number of benzene rings is 2. The Kier molecular flexibility index (Phi) is 5.98. The number of nitrogens with zero attached hydrogens (tertiary/aromatic N) is 2. The molecule has 2 aliphatic rings. The van der Waals surface area contributed by atoms with Gasteiger partial charge in [-0.2, -0.15) is 13.2 Å². The quantitative estimate of drug-likeness (QED) is 0.513. The Morgan fingerprint density at radius 3 is 2.38 bits per heavy atom. The molecule has 2 aromatic carbocycles. The Bertz CT molecular complexity index is 1160. The number of rotatable bonds is 4. The van der Waals surface area contributed by atoms with E-state index in [4.69, 9.17) is 11.6 Å². The van der Waals surface area contributed by atoms with E-state index in [1.165, 1.54) is 12.1 Å².